The maximum absolute atomic E-state index is 5.80. The molecular weight excluding hydrogens is 238 g/mol. The van der Waals surface area contributed by atoms with Crippen LogP contribution < -0.4 is 11.1 Å². The van der Waals surface area contributed by atoms with Crippen LogP contribution >= 0.6 is 0 Å². The van der Waals surface area contributed by atoms with Crippen LogP contribution in [-0.2, 0) is 6.42 Å². The molecule has 1 aromatic rings. The highest BCUT2D eigenvalue weighted by Gasteiger charge is 2.25. The lowest BCUT2D eigenvalue weighted by molar-refractivity contribution is 0.508. The van der Waals surface area contributed by atoms with Gasteiger partial charge in [-0.1, -0.05) is 0 Å². The number of aliphatic imine (C=N–C) groups is 1. The van der Waals surface area contributed by atoms with Crippen LogP contribution in [-0.4, -0.2) is 28.0 Å². The van der Waals surface area contributed by atoms with E-state index in [1.54, 1.807) is 0 Å². The normalized spacial score (nSPS) is 16.5. The molecule has 3 N–H and O–H groups in total. The maximum atomic E-state index is 5.80. The summed E-state index contributed by atoms with van der Waals surface area (Å²) < 4.78 is 0. The smallest absolute Gasteiger partial charge is 0.188 e. The van der Waals surface area contributed by atoms with Gasteiger partial charge in [0.05, 0.1) is 0 Å². The van der Waals surface area contributed by atoms with Crippen LogP contribution in [0.25, 0.3) is 0 Å². The van der Waals surface area contributed by atoms with Crippen molar-refractivity contribution in [3.05, 3.63) is 23.8 Å². The second-order valence-electron chi connectivity index (χ2n) is 6.12. The molecule has 0 amide bonds. The molecule has 0 saturated heterocycles. The van der Waals surface area contributed by atoms with E-state index in [0.717, 1.165) is 17.8 Å². The fourth-order valence-electron chi connectivity index (χ4n) is 1.78. The number of aromatic nitrogens is 2. The van der Waals surface area contributed by atoms with Crippen molar-refractivity contribution in [3.63, 3.8) is 0 Å². The Bertz CT molecular complexity index is 440. The zero-order chi connectivity index (χ0) is 13.9. The second-order valence-corrected chi connectivity index (χ2v) is 6.12. The summed E-state index contributed by atoms with van der Waals surface area (Å²) >= 11 is 0. The molecule has 1 aromatic heterocycles. The molecule has 1 heterocycles. The van der Waals surface area contributed by atoms with Crippen molar-refractivity contribution < 1.29 is 0 Å². The average molecular weight is 261 g/mol. The number of nitrogens with one attached hydrogen (secondary N) is 1. The standard InChI is InChI=1S/C14H23N5/c1-14(2,3)19-13(15)16-7-6-10-8-17-12(18-9-10)11-4-5-11/h8-9,11H,4-7H2,1-3H3,(H3,15,16,19). The minimum atomic E-state index is -0.0530. The largest absolute Gasteiger partial charge is 0.370 e. The Labute approximate surface area is 114 Å². The minimum absolute atomic E-state index is 0.0530. The van der Waals surface area contributed by atoms with Crippen molar-refractivity contribution in [3.8, 4) is 0 Å². The van der Waals surface area contributed by atoms with Crippen molar-refractivity contribution >= 4 is 5.96 Å². The number of rotatable bonds is 4. The van der Waals surface area contributed by atoms with Gasteiger partial charge in [0, 0.05) is 30.4 Å². The van der Waals surface area contributed by atoms with E-state index in [4.69, 9.17) is 5.73 Å². The van der Waals surface area contributed by atoms with Crippen LogP contribution in [0.4, 0.5) is 0 Å². The van der Waals surface area contributed by atoms with Gasteiger partial charge in [0.15, 0.2) is 5.96 Å². The molecule has 0 unspecified atom stereocenters. The van der Waals surface area contributed by atoms with Gasteiger partial charge in [0.1, 0.15) is 5.82 Å². The third-order valence-corrected chi connectivity index (χ3v) is 2.85. The molecule has 0 atom stereocenters. The molecule has 5 heteroatoms. The van der Waals surface area contributed by atoms with Gasteiger partial charge in [-0.05, 0) is 45.6 Å². The van der Waals surface area contributed by atoms with E-state index in [2.05, 4.69) is 41.0 Å². The zero-order valence-corrected chi connectivity index (χ0v) is 12.0. The lowest BCUT2D eigenvalue weighted by Gasteiger charge is -2.20. The molecular formula is C14H23N5. The molecule has 1 saturated carbocycles. The van der Waals surface area contributed by atoms with Gasteiger partial charge in [0.25, 0.3) is 0 Å². The molecule has 19 heavy (non-hydrogen) atoms. The quantitative estimate of drug-likeness (QED) is 0.637. The first-order valence-corrected chi connectivity index (χ1v) is 6.83. The van der Waals surface area contributed by atoms with Crippen molar-refractivity contribution in [1.29, 1.82) is 0 Å². The highest BCUT2D eigenvalue weighted by atomic mass is 15.1. The highest BCUT2D eigenvalue weighted by molar-refractivity contribution is 5.78. The summed E-state index contributed by atoms with van der Waals surface area (Å²) in [5.41, 5.74) is 6.86. The summed E-state index contributed by atoms with van der Waals surface area (Å²) in [5, 5.41) is 3.13. The number of hydrogen-bond donors (Lipinski definition) is 2. The summed E-state index contributed by atoms with van der Waals surface area (Å²) in [5.74, 6) is 2.09. The Morgan fingerprint density at radius 1 is 1.37 bits per heavy atom. The number of nitrogens with two attached hydrogens (primary N) is 1. The first kappa shape index (κ1) is 13.8. The molecule has 0 bridgehead atoms. The Kier molecular flexibility index (Phi) is 4.02. The van der Waals surface area contributed by atoms with Gasteiger partial charge < -0.3 is 11.1 Å². The van der Waals surface area contributed by atoms with Crippen LogP contribution in [0.1, 0.15) is 50.9 Å². The first-order valence-electron chi connectivity index (χ1n) is 6.83. The molecule has 5 nitrogen and oxygen atoms in total. The Morgan fingerprint density at radius 2 is 2.00 bits per heavy atom. The fraction of sp³-hybridized carbons (Fsp3) is 0.643. The van der Waals surface area contributed by atoms with Crippen molar-refractivity contribution in [1.82, 2.24) is 15.3 Å². The number of guanidine groups is 1. The van der Waals surface area contributed by atoms with Gasteiger partial charge in [0.2, 0.25) is 0 Å². The molecule has 0 aromatic carbocycles. The Hall–Kier alpha value is -1.65. The van der Waals surface area contributed by atoms with Gasteiger partial charge >= 0.3 is 0 Å². The highest BCUT2D eigenvalue weighted by Crippen LogP contribution is 2.37. The summed E-state index contributed by atoms with van der Waals surface area (Å²) in [4.78, 5) is 13.1. The van der Waals surface area contributed by atoms with Crippen LogP contribution in [0.3, 0.4) is 0 Å². The number of nitrogens with zero attached hydrogens (tertiary/aromatic N) is 3. The van der Waals surface area contributed by atoms with E-state index in [-0.39, 0.29) is 5.54 Å². The third kappa shape index (κ3) is 4.85. The maximum Gasteiger partial charge on any atom is 0.188 e. The zero-order valence-electron chi connectivity index (χ0n) is 12.0. The molecule has 104 valence electrons. The van der Waals surface area contributed by atoms with E-state index in [1.165, 1.54) is 12.8 Å². The summed E-state index contributed by atoms with van der Waals surface area (Å²) in [6.07, 6.45) is 7.10. The molecule has 1 fully saturated rings. The SMILES string of the molecule is CC(C)(C)NC(N)=NCCc1cnc(C2CC2)nc1. The van der Waals surface area contributed by atoms with Crippen LogP contribution in [0.5, 0.6) is 0 Å². The van der Waals surface area contributed by atoms with Crippen molar-refractivity contribution in [2.24, 2.45) is 10.7 Å². The lowest BCUT2D eigenvalue weighted by Crippen LogP contribution is -2.45. The van der Waals surface area contributed by atoms with E-state index >= 15 is 0 Å². The van der Waals surface area contributed by atoms with Gasteiger partial charge in [-0.15, -0.1) is 0 Å². The molecule has 2 rings (SSSR count). The predicted molar refractivity (Wildman–Crippen MR) is 77.1 cm³/mol. The minimum Gasteiger partial charge on any atom is -0.370 e. The topological polar surface area (TPSA) is 76.2 Å². The summed E-state index contributed by atoms with van der Waals surface area (Å²) in [7, 11) is 0. The molecule has 0 spiro atoms. The molecule has 0 radical (unpaired) electrons. The van der Waals surface area contributed by atoms with E-state index < -0.39 is 0 Å². The summed E-state index contributed by atoms with van der Waals surface area (Å²) in [6.45, 7) is 6.82. The van der Waals surface area contributed by atoms with E-state index in [0.29, 0.717) is 18.4 Å². The average Bonchev–Trinajstić information content (AvgIpc) is 3.11. The van der Waals surface area contributed by atoms with Gasteiger partial charge in [-0.2, -0.15) is 0 Å². The Morgan fingerprint density at radius 3 is 2.53 bits per heavy atom. The number of hydrogen-bond acceptors (Lipinski definition) is 3. The fourth-order valence-corrected chi connectivity index (χ4v) is 1.78. The van der Waals surface area contributed by atoms with Gasteiger partial charge in [-0.3, -0.25) is 4.99 Å². The predicted octanol–water partition coefficient (Wildman–Crippen LogP) is 1.60. The molecule has 1 aliphatic carbocycles. The third-order valence-electron chi connectivity index (χ3n) is 2.85. The van der Waals surface area contributed by atoms with Crippen LogP contribution in [0, 0.1) is 0 Å². The molecule has 0 aliphatic heterocycles. The lowest BCUT2D eigenvalue weighted by atomic mass is 10.1. The van der Waals surface area contributed by atoms with E-state index in [9.17, 15) is 0 Å². The van der Waals surface area contributed by atoms with Crippen molar-refractivity contribution in [2.75, 3.05) is 6.54 Å². The first-order chi connectivity index (χ1) is 8.94. The molecule has 1 aliphatic rings. The van der Waals surface area contributed by atoms with E-state index in [1.807, 2.05) is 12.4 Å². The monoisotopic (exact) mass is 261 g/mol. The van der Waals surface area contributed by atoms with Crippen LogP contribution in [0.2, 0.25) is 0 Å². The Balaban J connectivity index is 1.80. The second kappa shape index (κ2) is 5.55. The van der Waals surface area contributed by atoms with Gasteiger partial charge in [-0.25, -0.2) is 9.97 Å². The van der Waals surface area contributed by atoms with Crippen LogP contribution in [0.15, 0.2) is 17.4 Å². The van der Waals surface area contributed by atoms with Crippen molar-refractivity contribution in [2.45, 2.75) is 51.5 Å². The summed E-state index contributed by atoms with van der Waals surface area (Å²) in [6, 6.07) is 0.